The van der Waals surface area contributed by atoms with Crippen molar-refractivity contribution in [2.45, 2.75) is 58.8 Å². The van der Waals surface area contributed by atoms with Crippen LogP contribution in [0.3, 0.4) is 0 Å². The van der Waals surface area contributed by atoms with Crippen molar-refractivity contribution >= 4 is 5.97 Å². The molecule has 1 atom stereocenters. The lowest BCUT2D eigenvalue weighted by Crippen LogP contribution is -1.94. The molecular formula is C11H22O2. The predicted octanol–water partition coefficient (Wildman–Crippen LogP) is 3.46. The minimum atomic E-state index is -0.665. The first-order chi connectivity index (χ1) is 6.16. The fraction of sp³-hybridized carbons (Fsp3) is 0.909. The lowest BCUT2D eigenvalue weighted by molar-refractivity contribution is -0.137. The smallest absolute Gasteiger partial charge is 0.303 e. The summed E-state index contributed by atoms with van der Waals surface area (Å²) in [4.78, 5) is 10.2. The van der Waals surface area contributed by atoms with Crippen LogP contribution in [0.2, 0.25) is 0 Å². The summed E-state index contributed by atoms with van der Waals surface area (Å²) < 4.78 is 0. The molecule has 0 saturated heterocycles. The molecule has 0 aliphatic rings. The van der Waals surface area contributed by atoms with Crippen LogP contribution in [0, 0.1) is 5.92 Å². The molecule has 0 radical (unpaired) electrons. The van der Waals surface area contributed by atoms with Gasteiger partial charge in [0.15, 0.2) is 0 Å². The second-order valence-corrected chi connectivity index (χ2v) is 3.86. The van der Waals surface area contributed by atoms with Crippen LogP contribution in [0.5, 0.6) is 0 Å². The number of unbranched alkanes of at least 4 members (excludes halogenated alkanes) is 3. The third-order valence-electron chi connectivity index (χ3n) is 2.53. The number of aliphatic carboxylic acids is 1. The van der Waals surface area contributed by atoms with E-state index in [1.807, 2.05) is 0 Å². The minimum Gasteiger partial charge on any atom is -0.481 e. The Balaban J connectivity index is 3.04. The van der Waals surface area contributed by atoms with Gasteiger partial charge in [-0.1, -0.05) is 46.0 Å². The van der Waals surface area contributed by atoms with Crippen molar-refractivity contribution in [3.05, 3.63) is 0 Å². The van der Waals surface area contributed by atoms with Crippen molar-refractivity contribution in [3.63, 3.8) is 0 Å². The summed E-state index contributed by atoms with van der Waals surface area (Å²) in [5, 5.41) is 8.40. The van der Waals surface area contributed by atoms with Crippen LogP contribution in [0.25, 0.3) is 0 Å². The molecule has 0 spiro atoms. The molecule has 0 saturated carbocycles. The topological polar surface area (TPSA) is 37.3 Å². The molecule has 2 heteroatoms. The van der Waals surface area contributed by atoms with Gasteiger partial charge in [0.1, 0.15) is 0 Å². The Kier molecular flexibility index (Phi) is 7.76. The van der Waals surface area contributed by atoms with Gasteiger partial charge in [-0.2, -0.15) is 0 Å². The van der Waals surface area contributed by atoms with E-state index in [-0.39, 0.29) is 0 Å². The molecule has 0 aromatic rings. The molecular weight excluding hydrogens is 164 g/mol. The van der Waals surface area contributed by atoms with E-state index >= 15 is 0 Å². The Morgan fingerprint density at radius 3 is 2.38 bits per heavy atom. The van der Waals surface area contributed by atoms with Crippen LogP contribution in [-0.2, 0) is 4.79 Å². The lowest BCUT2D eigenvalue weighted by Gasteiger charge is -2.06. The Morgan fingerprint density at radius 1 is 1.23 bits per heavy atom. The molecule has 0 aromatic heterocycles. The van der Waals surface area contributed by atoms with E-state index in [4.69, 9.17) is 5.11 Å². The fourth-order valence-corrected chi connectivity index (χ4v) is 1.33. The molecule has 0 aliphatic heterocycles. The van der Waals surface area contributed by atoms with Gasteiger partial charge in [0.05, 0.1) is 0 Å². The Bertz CT molecular complexity index is 132. The van der Waals surface area contributed by atoms with Crippen molar-refractivity contribution in [1.82, 2.24) is 0 Å². The van der Waals surface area contributed by atoms with Gasteiger partial charge in [-0.15, -0.1) is 0 Å². The summed E-state index contributed by atoms with van der Waals surface area (Å²) in [5.41, 5.74) is 0. The summed E-state index contributed by atoms with van der Waals surface area (Å²) in [5.74, 6) is 0.168. The average Bonchev–Trinajstić information content (AvgIpc) is 2.10. The minimum absolute atomic E-state index is 0.337. The Labute approximate surface area is 81.3 Å². The second kappa shape index (κ2) is 8.09. The zero-order chi connectivity index (χ0) is 10.1. The Morgan fingerprint density at radius 2 is 1.85 bits per heavy atom. The number of carboxylic acids is 1. The van der Waals surface area contributed by atoms with Crippen molar-refractivity contribution in [2.75, 3.05) is 0 Å². The van der Waals surface area contributed by atoms with Crippen LogP contribution >= 0.6 is 0 Å². The van der Waals surface area contributed by atoms with Gasteiger partial charge in [-0.25, -0.2) is 0 Å². The highest BCUT2D eigenvalue weighted by atomic mass is 16.4. The summed E-state index contributed by atoms with van der Waals surface area (Å²) in [6, 6.07) is 0. The van der Waals surface area contributed by atoms with E-state index in [0.29, 0.717) is 6.42 Å². The monoisotopic (exact) mass is 186 g/mol. The third kappa shape index (κ3) is 9.38. The lowest BCUT2D eigenvalue weighted by atomic mass is 10.0. The van der Waals surface area contributed by atoms with Crippen LogP contribution in [0.1, 0.15) is 58.8 Å². The largest absolute Gasteiger partial charge is 0.481 e. The number of hydrogen-bond donors (Lipinski definition) is 1. The molecule has 0 heterocycles. The normalized spacial score (nSPS) is 12.8. The number of carboxylic acid groups (broad SMARTS) is 1. The zero-order valence-electron chi connectivity index (χ0n) is 8.88. The van der Waals surface area contributed by atoms with E-state index < -0.39 is 5.97 Å². The molecule has 0 aliphatic carbocycles. The van der Waals surface area contributed by atoms with Gasteiger partial charge >= 0.3 is 5.97 Å². The van der Waals surface area contributed by atoms with Crippen LogP contribution in [0.15, 0.2) is 0 Å². The molecule has 78 valence electrons. The van der Waals surface area contributed by atoms with Gasteiger partial charge in [0.25, 0.3) is 0 Å². The molecule has 13 heavy (non-hydrogen) atoms. The zero-order valence-corrected chi connectivity index (χ0v) is 8.88. The second-order valence-electron chi connectivity index (χ2n) is 3.86. The molecule has 0 aromatic carbocycles. The molecule has 1 unspecified atom stereocenters. The predicted molar refractivity (Wildman–Crippen MR) is 54.8 cm³/mol. The maximum Gasteiger partial charge on any atom is 0.303 e. The molecule has 0 amide bonds. The van der Waals surface area contributed by atoms with Crippen molar-refractivity contribution in [2.24, 2.45) is 5.92 Å². The number of rotatable bonds is 8. The van der Waals surface area contributed by atoms with E-state index in [9.17, 15) is 4.79 Å². The summed E-state index contributed by atoms with van der Waals surface area (Å²) in [7, 11) is 0. The van der Waals surface area contributed by atoms with Crippen molar-refractivity contribution in [3.8, 4) is 0 Å². The molecule has 0 bridgehead atoms. The van der Waals surface area contributed by atoms with Crippen LogP contribution in [-0.4, -0.2) is 11.1 Å². The standard InChI is InChI=1S/C11H22O2/c1-3-10(2)8-6-4-5-7-9-11(12)13/h10H,3-9H2,1-2H3,(H,12,13). The highest BCUT2D eigenvalue weighted by Crippen LogP contribution is 2.13. The highest BCUT2D eigenvalue weighted by Gasteiger charge is 1.99. The van der Waals surface area contributed by atoms with Gasteiger partial charge in [-0.05, 0) is 12.3 Å². The SMILES string of the molecule is CCC(C)CCCCCCC(=O)O. The van der Waals surface area contributed by atoms with Crippen molar-refractivity contribution in [1.29, 1.82) is 0 Å². The van der Waals surface area contributed by atoms with E-state index in [0.717, 1.165) is 18.8 Å². The quantitative estimate of drug-likeness (QED) is 0.589. The number of carbonyl (C=O) groups is 1. The van der Waals surface area contributed by atoms with Crippen LogP contribution in [0.4, 0.5) is 0 Å². The fourth-order valence-electron chi connectivity index (χ4n) is 1.33. The molecule has 0 rings (SSSR count). The molecule has 0 fully saturated rings. The maximum atomic E-state index is 10.2. The summed E-state index contributed by atoms with van der Waals surface area (Å²) in [6.45, 7) is 4.49. The highest BCUT2D eigenvalue weighted by molar-refractivity contribution is 5.66. The average molecular weight is 186 g/mol. The maximum absolute atomic E-state index is 10.2. The van der Waals surface area contributed by atoms with Crippen molar-refractivity contribution < 1.29 is 9.90 Å². The third-order valence-corrected chi connectivity index (χ3v) is 2.53. The van der Waals surface area contributed by atoms with Gasteiger partial charge < -0.3 is 5.11 Å². The van der Waals surface area contributed by atoms with Gasteiger partial charge in [0.2, 0.25) is 0 Å². The van der Waals surface area contributed by atoms with Gasteiger partial charge in [-0.3, -0.25) is 4.79 Å². The number of hydrogen-bond acceptors (Lipinski definition) is 1. The van der Waals surface area contributed by atoms with E-state index in [2.05, 4.69) is 13.8 Å². The summed E-state index contributed by atoms with van der Waals surface area (Å²) in [6.07, 6.45) is 7.26. The van der Waals surface area contributed by atoms with Crippen LogP contribution < -0.4 is 0 Å². The van der Waals surface area contributed by atoms with E-state index in [1.54, 1.807) is 0 Å². The van der Waals surface area contributed by atoms with Gasteiger partial charge in [0, 0.05) is 6.42 Å². The first kappa shape index (κ1) is 12.5. The molecule has 1 N–H and O–H groups in total. The molecule has 2 nitrogen and oxygen atoms in total. The Hall–Kier alpha value is -0.530. The first-order valence-corrected chi connectivity index (χ1v) is 5.38. The first-order valence-electron chi connectivity index (χ1n) is 5.38. The summed E-state index contributed by atoms with van der Waals surface area (Å²) >= 11 is 0. The van der Waals surface area contributed by atoms with E-state index in [1.165, 1.54) is 25.7 Å².